The van der Waals surface area contributed by atoms with E-state index >= 15 is 0 Å². The molecule has 1 heterocycles. The van der Waals surface area contributed by atoms with E-state index in [0.717, 1.165) is 12.1 Å². The fourth-order valence-electron chi connectivity index (χ4n) is 1.29. The van der Waals surface area contributed by atoms with Crippen molar-refractivity contribution in [3.63, 3.8) is 0 Å². The van der Waals surface area contributed by atoms with Gasteiger partial charge < -0.3 is 9.84 Å². The van der Waals surface area contributed by atoms with E-state index < -0.39 is 11.8 Å². The van der Waals surface area contributed by atoms with E-state index in [-0.39, 0.29) is 17.2 Å². The van der Waals surface area contributed by atoms with Crippen molar-refractivity contribution >= 4 is 17.6 Å². The molecule has 2 aromatic rings. The smallest absolute Gasteiger partial charge is 0.339 e. The number of nitrogens with zero attached hydrogens (tertiary/aromatic N) is 1. The molecule has 0 atom stereocenters. The third-order valence-corrected chi connectivity index (χ3v) is 2.31. The van der Waals surface area contributed by atoms with Crippen LogP contribution in [0.15, 0.2) is 36.5 Å². The second-order valence-electron chi connectivity index (χ2n) is 3.36. The van der Waals surface area contributed by atoms with Gasteiger partial charge >= 0.3 is 5.97 Å². The van der Waals surface area contributed by atoms with Gasteiger partial charge in [-0.1, -0.05) is 11.6 Å². The molecule has 0 amide bonds. The van der Waals surface area contributed by atoms with E-state index in [1.165, 1.54) is 18.3 Å². The molecule has 0 fully saturated rings. The highest BCUT2D eigenvalue weighted by Crippen LogP contribution is 2.25. The van der Waals surface area contributed by atoms with Crippen molar-refractivity contribution in [1.29, 1.82) is 0 Å². The van der Waals surface area contributed by atoms with Gasteiger partial charge in [-0.05, 0) is 24.3 Å². The Kier molecular flexibility index (Phi) is 3.43. The maximum atomic E-state index is 12.9. The first-order chi connectivity index (χ1) is 8.56. The second-order valence-corrected chi connectivity index (χ2v) is 3.80. The molecule has 0 unspecified atom stereocenters. The first kappa shape index (κ1) is 12.3. The molecule has 92 valence electrons. The van der Waals surface area contributed by atoms with Crippen LogP contribution in [0.3, 0.4) is 0 Å². The summed E-state index contributed by atoms with van der Waals surface area (Å²) in [5.41, 5.74) is -0.272. The van der Waals surface area contributed by atoms with E-state index in [0.29, 0.717) is 5.02 Å². The predicted octanol–water partition coefficient (Wildman–Crippen LogP) is 3.36. The lowest BCUT2D eigenvalue weighted by atomic mass is 10.2. The highest BCUT2D eigenvalue weighted by atomic mass is 35.5. The van der Waals surface area contributed by atoms with Crippen LogP contribution in [0.5, 0.6) is 11.6 Å². The molecule has 0 aliphatic rings. The summed E-state index contributed by atoms with van der Waals surface area (Å²) in [7, 11) is 0. The van der Waals surface area contributed by atoms with Gasteiger partial charge in [0.1, 0.15) is 17.1 Å². The Labute approximate surface area is 107 Å². The third-order valence-electron chi connectivity index (χ3n) is 2.09. The van der Waals surface area contributed by atoms with Gasteiger partial charge in [0.05, 0.1) is 5.02 Å². The quantitative estimate of drug-likeness (QED) is 0.926. The van der Waals surface area contributed by atoms with E-state index in [2.05, 4.69) is 4.98 Å². The zero-order valence-corrected chi connectivity index (χ0v) is 9.69. The van der Waals surface area contributed by atoms with Gasteiger partial charge in [0, 0.05) is 12.3 Å². The maximum Gasteiger partial charge on any atom is 0.339 e. The summed E-state index contributed by atoms with van der Waals surface area (Å²) in [6.45, 7) is 0. The molecule has 18 heavy (non-hydrogen) atoms. The molecule has 1 aromatic heterocycles. The molecular weight excluding hydrogens is 261 g/mol. The third kappa shape index (κ3) is 2.75. The number of hydrogen-bond acceptors (Lipinski definition) is 3. The summed E-state index contributed by atoms with van der Waals surface area (Å²) >= 11 is 5.66. The number of benzene rings is 1. The molecule has 1 aromatic carbocycles. The number of aromatic nitrogens is 1. The van der Waals surface area contributed by atoms with Gasteiger partial charge in [0.25, 0.3) is 0 Å². The van der Waals surface area contributed by atoms with Gasteiger partial charge in [-0.3, -0.25) is 0 Å². The van der Waals surface area contributed by atoms with Crippen LogP contribution < -0.4 is 4.74 Å². The maximum absolute atomic E-state index is 12.9. The molecular formula is C12H7ClFNO3. The topological polar surface area (TPSA) is 59.4 Å². The molecule has 0 saturated carbocycles. The molecule has 0 saturated heterocycles. The average Bonchev–Trinajstić information content (AvgIpc) is 2.34. The van der Waals surface area contributed by atoms with Gasteiger partial charge in [-0.2, -0.15) is 0 Å². The fraction of sp³-hybridized carbons (Fsp3) is 0. The molecule has 6 heteroatoms. The summed E-state index contributed by atoms with van der Waals surface area (Å²) in [5.74, 6) is -1.74. The Morgan fingerprint density at radius 3 is 2.72 bits per heavy atom. The average molecular weight is 268 g/mol. The van der Waals surface area contributed by atoms with Crippen LogP contribution in [0.4, 0.5) is 4.39 Å². The minimum atomic E-state index is -1.28. The Morgan fingerprint density at radius 2 is 2.11 bits per heavy atom. The van der Waals surface area contributed by atoms with Crippen molar-refractivity contribution in [2.75, 3.05) is 0 Å². The molecule has 2 rings (SSSR count). The van der Waals surface area contributed by atoms with E-state index in [4.69, 9.17) is 21.4 Å². The Hall–Kier alpha value is -2.14. The lowest BCUT2D eigenvalue weighted by molar-refractivity contribution is 0.0693. The number of rotatable bonds is 3. The predicted molar refractivity (Wildman–Crippen MR) is 62.7 cm³/mol. The largest absolute Gasteiger partial charge is 0.478 e. The highest BCUT2D eigenvalue weighted by Gasteiger charge is 2.13. The first-order valence-corrected chi connectivity index (χ1v) is 5.26. The van der Waals surface area contributed by atoms with Gasteiger partial charge in [0.15, 0.2) is 0 Å². The molecule has 0 aliphatic heterocycles. The van der Waals surface area contributed by atoms with Crippen LogP contribution in [0.1, 0.15) is 10.4 Å². The molecule has 4 nitrogen and oxygen atoms in total. The summed E-state index contributed by atoms with van der Waals surface area (Å²) in [4.78, 5) is 14.8. The van der Waals surface area contributed by atoms with Crippen LogP contribution >= 0.6 is 11.6 Å². The molecule has 0 radical (unpaired) electrons. The minimum Gasteiger partial charge on any atom is -0.478 e. The van der Waals surface area contributed by atoms with Gasteiger partial charge in [-0.15, -0.1) is 0 Å². The van der Waals surface area contributed by atoms with Gasteiger partial charge in [0.2, 0.25) is 5.88 Å². The number of carbonyl (C=O) groups is 1. The Balaban J connectivity index is 2.34. The Bertz CT molecular complexity index is 586. The number of aromatic carboxylic acids is 1. The monoisotopic (exact) mass is 267 g/mol. The van der Waals surface area contributed by atoms with Crippen molar-refractivity contribution < 1.29 is 19.0 Å². The fourth-order valence-corrected chi connectivity index (χ4v) is 1.41. The second kappa shape index (κ2) is 5.01. The van der Waals surface area contributed by atoms with Crippen LogP contribution in [-0.4, -0.2) is 16.1 Å². The summed E-state index contributed by atoms with van der Waals surface area (Å²) < 4.78 is 18.2. The summed E-state index contributed by atoms with van der Waals surface area (Å²) in [6, 6.07) is 6.26. The van der Waals surface area contributed by atoms with Gasteiger partial charge in [-0.25, -0.2) is 14.2 Å². The number of carboxylic acid groups (broad SMARTS) is 1. The number of carboxylic acids is 1. The first-order valence-electron chi connectivity index (χ1n) is 4.88. The van der Waals surface area contributed by atoms with Crippen molar-refractivity contribution in [3.8, 4) is 11.6 Å². The lowest BCUT2D eigenvalue weighted by Gasteiger charge is -2.07. The van der Waals surface area contributed by atoms with Crippen LogP contribution in [0.2, 0.25) is 5.02 Å². The van der Waals surface area contributed by atoms with Crippen LogP contribution in [0, 0.1) is 5.82 Å². The summed E-state index contributed by atoms with van der Waals surface area (Å²) in [6.07, 6.45) is 1.36. The Morgan fingerprint density at radius 1 is 1.33 bits per heavy atom. The molecule has 0 aliphatic carbocycles. The SMILES string of the molecule is O=C(O)c1cc(F)ccc1Oc1ccc(Cl)cn1. The van der Waals surface area contributed by atoms with Crippen molar-refractivity contribution in [3.05, 3.63) is 52.9 Å². The molecule has 1 N–H and O–H groups in total. The number of pyridine rings is 1. The van der Waals surface area contributed by atoms with E-state index in [9.17, 15) is 9.18 Å². The number of ether oxygens (including phenoxy) is 1. The zero-order valence-electron chi connectivity index (χ0n) is 8.93. The van der Waals surface area contributed by atoms with Crippen LogP contribution in [-0.2, 0) is 0 Å². The normalized spacial score (nSPS) is 10.1. The number of hydrogen-bond donors (Lipinski definition) is 1. The molecule has 0 spiro atoms. The number of halogens is 2. The van der Waals surface area contributed by atoms with Crippen molar-refractivity contribution in [2.24, 2.45) is 0 Å². The summed E-state index contributed by atoms with van der Waals surface area (Å²) in [5, 5.41) is 9.35. The van der Waals surface area contributed by atoms with E-state index in [1.807, 2.05) is 0 Å². The highest BCUT2D eigenvalue weighted by molar-refractivity contribution is 6.30. The van der Waals surface area contributed by atoms with Crippen molar-refractivity contribution in [1.82, 2.24) is 4.98 Å². The molecule has 0 bridgehead atoms. The minimum absolute atomic E-state index is 0.0127. The van der Waals surface area contributed by atoms with Crippen molar-refractivity contribution in [2.45, 2.75) is 0 Å². The zero-order chi connectivity index (χ0) is 13.1. The lowest BCUT2D eigenvalue weighted by Crippen LogP contribution is -2.01. The standard InChI is InChI=1S/C12H7ClFNO3/c13-7-1-4-11(15-6-7)18-10-3-2-8(14)5-9(10)12(16)17/h1-6H,(H,16,17). The van der Waals surface area contributed by atoms with Crippen LogP contribution in [0.25, 0.3) is 0 Å². The van der Waals surface area contributed by atoms with E-state index in [1.54, 1.807) is 6.07 Å².